The lowest BCUT2D eigenvalue weighted by Gasteiger charge is -2.28. The van der Waals surface area contributed by atoms with E-state index >= 15 is 0 Å². The molecule has 74 valence electrons. The Morgan fingerprint density at radius 1 is 1.14 bits per heavy atom. The van der Waals surface area contributed by atoms with Crippen LogP contribution in [0.4, 0.5) is 0 Å². The van der Waals surface area contributed by atoms with Crippen LogP contribution in [0.3, 0.4) is 0 Å². The van der Waals surface area contributed by atoms with Crippen molar-refractivity contribution >= 4 is 11.6 Å². The monoisotopic (exact) mass is 210 g/mol. The number of alkyl halides is 1. The van der Waals surface area contributed by atoms with Crippen LogP contribution in [0.2, 0.25) is 0 Å². The highest BCUT2D eigenvalue weighted by Crippen LogP contribution is 2.18. The summed E-state index contributed by atoms with van der Waals surface area (Å²) in [6.45, 7) is 1.99. The first-order valence-electron chi connectivity index (χ1n) is 4.33. The van der Waals surface area contributed by atoms with E-state index in [2.05, 4.69) is 10.2 Å². The summed E-state index contributed by atoms with van der Waals surface area (Å²) in [4.78, 5) is 0. The van der Waals surface area contributed by atoms with Crippen molar-refractivity contribution < 1.29 is 0 Å². The molecule has 0 N–H and O–H groups in total. The molecule has 0 atom stereocenters. The molecule has 0 saturated carbocycles. The van der Waals surface area contributed by atoms with Gasteiger partial charge in [-0.2, -0.15) is 10.2 Å². The largest absolute Gasteiger partial charge is 0.244 e. The van der Waals surface area contributed by atoms with Gasteiger partial charge in [-0.3, -0.25) is 0 Å². The summed E-state index contributed by atoms with van der Waals surface area (Å²) in [6.07, 6.45) is 7.22. The summed E-state index contributed by atoms with van der Waals surface area (Å²) in [7, 11) is 0. The molecule has 0 amide bonds. The number of hydrogen-bond acceptors (Lipinski definition) is 2. The topological polar surface area (TPSA) is 35.6 Å². The first-order valence-corrected chi connectivity index (χ1v) is 4.87. The number of aromatic nitrogens is 4. The van der Waals surface area contributed by atoms with Crippen molar-refractivity contribution in [3.63, 3.8) is 0 Å². The van der Waals surface area contributed by atoms with Crippen LogP contribution in [-0.2, 0) is 5.66 Å². The summed E-state index contributed by atoms with van der Waals surface area (Å²) in [5.74, 6) is 0.413. The van der Waals surface area contributed by atoms with Crippen LogP contribution < -0.4 is 0 Å². The van der Waals surface area contributed by atoms with Gasteiger partial charge in [0.15, 0.2) is 5.66 Å². The Morgan fingerprint density at radius 3 is 1.93 bits per heavy atom. The van der Waals surface area contributed by atoms with Gasteiger partial charge in [0.05, 0.1) is 5.88 Å². The Labute approximate surface area is 87.1 Å². The molecule has 0 fully saturated rings. The predicted octanol–water partition coefficient (Wildman–Crippen LogP) is 1.54. The van der Waals surface area contributed by atoms with E-state index in [0.29, 0.717) is 5.88 Å². The highest BCUT2D eigenvalue weighted by Gasteiger charge is 2.28. The van der Waals surface area contributed by atoms with Gasteiger partial charge in [0.1, 0.15) is 0 Å². The maximum Gasteiger partial charge on any atom is 0.164 e. The third-order valence-corrected chi connectivity index (χ3v) is 2.76. The summed E-state index contributed by atoms with van der Waals surface area (Å²) in [6, 6.07) is 3.74. The lowest BCUT2D eigenvalue weighted by Crippen LogP contribution is -2.40. The van der Waals surface area contributed by atoms with Gasteiger partial charge in [-0.15, -0.1) is 11.6 Å². The third-order valence-electron chi connectivity index (χ3n) is 2.25. The van der Waals surface area contributed by atoms with Crippen molar-refractivity contribution in [3.05, 3.63) is 36.9 Å². The second-order valence-electron chi connectivity index (χ2n) is 3.25. The van der Waals surface area contributed by atoms with Crippen molar-refractivity contribution in [1.82, 2.24) is 19.6 Å². The quantitative estimate of drug-likeness (QED) is 0.721. The Hall–Kier alpha value is -1.29. The number of halogens is 1. The Morgan fingerprint density at radius 2 is 1.64 bits per heavy atom. The Kier molecular flexibility index (Phi) is 2.29. The van der Waals surface area contributed by atoms with E-state index in [4.69, 9.17) is 11.6 Å². The zero-order valence-corrected chi connectivity index (χ0v) is 8.59. The maximum atomic E-state index is 5.97. The molecule has 0 unspecified atom stereocenters. The molecule has 0 aliphatic rings. The highest BCUT2D eigenvalue weighted by atomic mass is 35.5. The molecule has 0 aromatic carbocycles. The average Bonchev–Trinajstić information content (AvgIpc) is 2.88. The van der Waals surface area contributed by atoms with Crippen molar-refractivity contribution in [2.45, 2.75) is 12.6 Å². The second-order valence-corrected chi connectivity index (χ2v) is 3.52. The van der Waals surface area contributed by atoms with Crippen molar-refractivity contribution in [3.8, 4) is 0 Å². The smallest absolute Gasteiger partial charge is 0.164 e. The number of hydrogen-bond donors (Lipinski definition) is 0. The lowest BCUT2D eigenvalue weighted by molar-refractivity contribution is 0.240. The van der Waals surface area contributed by atoms with E-state index in [-0.39, 0.29) is 0 Å². The molecule has 4 nitrogen and oxygen atoms in total. The molecular formula is C9H11ClN4. The Bertz CT molecular complexity index is 345. The molecular weight excluding hydrogens is 200 g/mol. The van der Waals surface area contributed by atoms with Gasteiger partial charge in [-0.25, -0.2) is 9.36 Å². The van der Waals surface area contributed by atoms with Gasteiger partial charge >= 0.3 is 0 Å². The van der Waals surface area contributed by atoms with Crippen LogP contribution in [0.1, 0.15) is 6.92 Å². The molecule has 2 aromatic rings. The van der Waals surface area contributed by atoms with Gasteiger partial charge in [0.25, 0.3) is 0 Å². The molecule has 5 heteroatoms. The van der Waals surface area contributed by atoms with E-state index in [0.717, 1.165) is 0 Å². The standard InChI is InChI=1S/C9H11ClN4/c1-9(8-10,13-6-2-4-11-13)14-7-3-5-12-14/h2-7H,8H2,1H3. The summed E-state index contributed by atoms with van der Waals surface area (Å²) in [5, 5.41) is 8.37. The zero-order chi connectivity index (χ0) is 10.0. The first-order chi connectivity index (χ1) is 6.77. The molecule has 0 aliphatic heterocycles. The fourth-order valence-corrected chi connectivity index (χ4v) is 1.58. The molecule has 2 rings (SSSR count). The van der Waals surface area contributed by atoms with E-state index in [1.807, 2.05) is 31.5 Å². The molecule has 0 spiro atoms. The Balaban J connectivity index is 2.45. The first kappa shape index (κ1) is 9.27. The van der Waals surface area contributed by atoms with E-state index in [1.165, 1.54) is 0 Å². The van der Waals surface area contributed by atoms with Crippen LogP contribution in [-0.4, -0.2) is 25.4 Å². The van der Waals surface area contributed by atoms with Crippen molar-refractivity contribution in [2.75, 3.05) is 5.88 Å². The maximum absolute atomic E-state index is 5.97. The SMILES string of the molecule is CC(CCl)(n1cccn1)n1cccn1. The van der Waals surface area contributed by atoms with Gasteiger partial charge < -0.3 is 0 Å². The van der Waals surface area contributed by atoms with Gasteiger partial charge in [-0.05, 0) is 19.1 Å². The fourth-order valence-electron chi connectivity index (χ4n) is 1.33. The lowest BCUT2D eigenvalue weighted by atomic mass is 10.2. The van der Waals surface area contributed by atoms with Crippen LogP contribution >= 0.6 is 11.6 Å². The minimum atomic E-state index is -0.436. The predicted molar refractivity (Wildman–Crippen MR) is 54.2 cm³/mol. The van der Waals surface area contributed by atoms with Gasteiger partial charge in [0, 0.05) is 24.8 Å². The molecule has 0 radical (unpaired) electrons. The summed E-state index contributed by atoms with van der Waals surface area (Å²) in [5.41, 5.74) is -0.436. The molecule has 14 heavy (non-hydrogen) atoms. The van der Waals surface area contributed by atoms with E-state index < -0.39 is 5.66 Å². The average molecular weight is 211 g/mol. The summed E-state index contributed by atoms with van der Waals surface area (Å²) >= 11 is 5.97. The van der Waals surface area contributed by atoms with Gasteiger partial charge in [-0.1, -0.05) is 0 Å². The van der Waals surface area contributed by atoms with Crippen LogP contribution in [0.25, 0.3) is 0 Å². The highest BCUT2D eigenvalue weighted by molar-refractivity contribution is 6.18. The minimum Gasteiger partial charge on any atom is -0.244 e. The number of rotatable bonds is 3. The zero-order valence-electron chi connectivity index (χ0n) is 7.84. The van der Waals surface area contributed by atoms with E-state index in [1.54, 1.807) is 21.8 Å². The van der Waals surface area contributed by atoms with Crippen LogP contribution in [0.5, 0.6) is 0 Å². The minimum absolute atomic E-state index is 0.413. The molecule has 0 bridgehead atoms. The molecule has 2 heterocycles. The van der Waals surface area contributed by atoms with E-state index in [9.17, 15) is 0 Å². The summed E-state index contributed by atoms with van der Waals surface area (Å²) < 4.78 is 3.60. The fraction of sp³-hybridized carbons (Fsp3) is 0.333. The molecule has 0 aliphatic carbocycles. The third kappa shape index (κ3) is 1.32. The van der Waals surface area contributed by atoms with Gasteiger partial charge in [0.2, 0.25) is 0 Å². The normalized spacial score (nSPS) is 11.9. The molecule has 0 saturated heterocycles. The van der Waals surface area contributed by atoms with Crippen molar-refractivity contribution in [2.24, 2.45) is 0 Å². The number of nitrogens with zero attached hydrogens (tertiary/aromatic N) is 4. The van der Waals surface area contributed by atoms with Crippen LogP contribution in [0, 0.1) is 0 Å². The molecule has 2 aromatic heterocycles. The van der Waals surface area contributed by atoms with Crippen molar-refractivity contribution in [1.29, 1.82) is 0 Å². The van der Waals surface area contributed by atoms with Crippen LogP contribution in [0.15, 0.2) is 36.9 Å². The second kappa shape index (κ2) is 3.46.